The van der Waals surface area contributed by atoms with Crippen LogP contribution in [0.2, 0.25) is 0 Å². The minimum absolute atomic E-state index is 0. The third-order valence-electron chi connectivity index (χ3n) is 5.36. The van der Waals surface area contributed by atoms with Crippen molar-refractivity contribution in [2.75, 3.05) is 38.1 Å². The summed E-state index contributed by atoms with van der Waals surface area (Å²) in [6.07, 6.45) is 1.03. The van der Waals surface area contributed by atoms with E-state index in [9.17, 15) is 0 Å². The monoisotopic (exact) mass is 445 g/mol. The number of nitrogens with zero attached hydrogens (tertiary/aromatic N) is 2. The van der Waals surface area contributed by atoms with Gasteiger partial charge in [0.05, 0.1) is 23.3 Å². The van der Waals surface area contributed by atoms with Gasteiger partial charge in [-0.3, -0.25) is 0 Å². The van der Waals surface area contributed by atoms with Gasteiger partial charge in [0.1, 0.15) is 0 Å². The number of fused-ring (bicyclic) bond motifs is 3. The average Bonchev–Trinajstić information content (AvgIpc) is 2.73. The van der Waals surface area contributed by atoms with Crippen LogP contribution in [-0.2, 0) is 0 Å². The predicted octanol–water partition coefficient (Wildman–Crippen LogP) is 5.50. The second kappa shape index (κ2) is 11.3. The van der Waals surface area contributed by atoms with Crippen LogP contribution in [0.25, 0.3) is 32.6 Å². The maximum atomic E-state index is 9.16. The fourth-order valence-corrected chi connectivity index (χ4v) is 3.85. The van der Waals surface area contributed by atoms with Gasteiger partial charge in [0.25, 0.3) is 0 Å². The van der Waals surface area contributed by atoms with Crippen LogP contribution in [0.15, 0.2) is 60.7 Å². The van der Waals surface area contributed by atoms with Crippen LogP contribution >= 0.6 is 24.8 Å². The Morgan fingerprint density at radius 2 is 1.57 bits per heavy atom. The summed E-state index contributed by atoms with van der Waals surface area (Å²) in [4.78, 5) is 7.18. The minimum Gasteiger partial charge on any atom is -0.395 e. The Morgan fingerprint density at radius 3 is 2.30 bits per heavy atom. The lowest BCUT2D eigenvalue weighted by molar-refractivity contribution is 0.202. The smallest absolute Gasteiger partial charge is 0.0736 e. The first-order valence-electron chi connectivity index (χ1n) is 10.1. The molecular formula is C24H29Cl2N3O. The quantitative estimate of drug-likeness (QED) is 0.277. The first kappa shape index (κ1) is 24.2. The molecule has 0 aliphatic carbocycles. The Morgan fingerprint density at radius 1 is 0.867 bits per heavy atom. The molecule has 0 spiro atoms. The Bertz CT molecular complexity index is 1100. The van der Waals surface area contributed by atoms with Crippen LogP contribution in [0.3, 0.4) is 0 Å². The fourth-order valence-electron chi connectivity index (χ4n) is 3.85. The van der Waals surface area contributed by atoms with Gasteiger partial charge in [0.2, 0.25) is 0 Å². The number of aliphatic hydroxyl groups is 1. The zero-order valence-electron chi connectivity index (χ0n) is 17.2. The normalized spacial score (nSPS) is 10.9. The summed E-state index contributed by atoms with van der Waals surface area (Å²) < 4.78 is 0. The van der Waals surface area contributed by atoms with E-state index in [1.807, 2.05) is 6.07 Å². The molecule has 0 amide bonds. The topological polar surface area (TPSA) is 48.4 Å². The van der Waals surface area contributed by atoms with Crippen molar-refractivity contribution in [1.82, 2.24) is 9.88 Å². The van der Waals surface area contributed by atoms with Gasteiger partial charge in [-0.1, -0.05) is 49.4 Å². The van der Waals surface area contributed by atoms with Crippen LogP contribution in [0.1, 0.15) is 13.3 Å². The van der Waals surface area contributed by atoms with Gasteiger partial charge in [0, 0.05) is 23.9 Å². The highest BCUT2D eigenvalue weighted by Crippen LogP contribution is 2.33. The van der Waals surface area contributed by atoms with E-state index in [1.54, 1.807) is 0 Å². The molecule has 4 aromatic rings. The number of benzene rings is 3. The predicted molar refractivity (Wildman–Crippen MR) is 134 cm³/mol. The molecule has 0 aliphatic heterocycles. The lowest BCUT2D eigenvalue weighted by Gasteiger charge is -2.19. The van der Waals surface area contributed by atoms with Crippen LogP contribution < -0.4 is 5.32 Å². The van der Waals surface area contributed by atoms with Crippen molar-refractivity contribution in [3.8, 4) is 0 Å². The van der Waals surface area contributed by atoms with Crippen molar-refractivity contribution in [2.24, 2.45) is 0 Å². The van der Waals surface area contributed by atoms with E-state index < -0.39 is 0 Å². The molecule has 6 heteroatoms. The van der Waals surface area contributed by atoms with Gasteiger partial charge in [-0.15, -0.1) is 24.8 Å². The maximum Gasteiger partial charge on any atom is 0.0736 e. The van der Waals surface area contributed by atoms with Crippen LogP contribution in [-0.4, -0.2) is 47.8 Å². The summed E-state index contributed by atoms with van der Waals surface area (Å²) in [6, 6.07) is 21.2. The molecule has 4 rings (SSSR count). The van der Waals surface area contributed by atoms with Crippen molar-refractivity contribution < 1.29 is 5.11 Å². The number of hydrogen-bond acceptors (Lipinski definition) is 4. The zero-order chi connectivity index (χ0) is 19.3. The second-order valence-electron chi connectivity index (χ2n) is 7.16. The Balaban J connectivity index is 0.00000160. The number of para-hydroxylation sites is 1. The second-order valence-corrected chi connectivity index (χ2v) is 7.16. The van der Waals surface area contributed by atoms with Gasteiger partial charge in [-0.05, 0) is 48.5 Å². The molecular weight excluding hydrogens is 417 g/mol. The molecule has 160 valence electrons. The Kier molecular flexibility index (Phi) is 9.12. The number of hydrogen-bond donors (Lipinski definition) is 2. The van der Waals surface area contributed by atoms with Crippen LogP contribution in [0, 0.1) is 0 Å². The highest BCUT2D eigenvalue weighted by atomic mass is 35.5. The summed E-state index contributed by atoms with van der Waals surface area (Å²) in [7, 11) is 0. The Labute approximate surface area is 190 Å². The molecule has 1 heterocycles. The van der Waals surface area contributed by atoms with Crippen molar-refractivity contribution in [2.45, 2.75) is 13.3 Å². The minimum atomic E-state index is 0. The number of anilines is 1. The molecule has 0 saturated heterocycles. The van der Waals surface area contributed by atoms with Gasteiger partial charge >= 0.3 is 0 Å². The number of rotatable bonds is 8. The number of halogens is 2. The molecule has 3 aromatic carbocycles. The summed E-state index contributed by atoms with van der Waals surface area (Å²) in [5.74, 6) is 0. The van der Waals surface area contributed by atoms with Gasteiger partial charge in [-0.2, -0.15) is 0 Å². The van der Waals surface area contributed by atoms with Crippen LogP contribution in [0.5, 0.6) is 0 Å². The fraction of sp³-hybridized carbons (Fsp3) is 0.292. The lowest BCUT2D eigenvalue weighted by Crippen LogP contribution is -2.28. The molecule has 0 fully saturated rings. The van der Waals surface area contributed by atoms with Crippen molar-refractivity contribution in [1.29, 1.82) is 0 Å². The first-order chi connectivity index (χ1) is 13.8. The third kappa shape index (κ3) is 5.13. The van der Waals surface area contributed by atoms with Crippen molar-refractivity contribution in [3.05, 3.63) is 60.7 Å². The van der Waals surface area contributed by atoms with E-state index in [0.29, 0.717) is 0 Å². The molecule has 0 atom stereocenters. The summed E-state index contributed by atoms with van der Waals surface area (Å²) in [5, 5.41) is 17.6. The largest absolute Gasteiger partial charge is 0.395 e. The lowest BCUT2D eigenvalue weighted by atomic mass is 10.0. The number of nitrogens with one attached hydrogen (secondary N) is 1. The van der Waals surface area contributed by atoms with Gasteiger partial charge < -0.3 is 15.3 Å². The molecule has 0 aliphatic rings. The molecule has 0 bridgehead atoms. The van der Waals surface area contributed by atoms with Crippen molar-refractivity contribution >= 4 is 63.1 Å². The standard InChI is InChI=1S/C24H27N3O.2ClH/c1-2-27(14-15-28)13-7-12-25-24-20-10-5-6-11-22(20)26-23-17-19-9-4-3-8-18(19)16-21(23)24;;/h3-6,8-11,16-17,28H,2,7,12-15H2,1H3,(H,25,26);2*1H. The molecule has 2 N–H and O–H groups in total. The van der Waals surface area contributed by atoms with Gasteiger partial charge in [0.15, 0.2) is 0 Å². The van der Waals surface area contributed by atoms with E-state index in [1.165, 1.54) is 16.2 Å². The maximum absolute atomic E-state index is 9.16. The summed E-state index contributed by atoms with van der Waals surface area (Å²) in [6.45, 7) is 5.93. The molecule has 0 saturated carbocycles. The van der Waals surface area contributed by atoms with E-state index in [-0.39, 0.29) is 31.4 Å². The Hall–Kier alpha value is -2.11. The summed E-state index contributed by atoms with van der Waals surface area (Å²) >= 11 is 0. The van der Waals surface area contributed by atoms with E-state index >= 15 is 0 Å². The zero-order valence-corrected chi connectivity index (χ0v) is 18.8. The highest BCUT2D eigenvalue weighted by Gasteiger charge is 2.10. The van der Waals surface area contributed by atoms with E-state index in [0.717, 1.165) is 54.7 Å². The molecule has 4 nitrogen and oxygen atoms in total. The average molecular weight is 446 g/mol. The molecule has 1 aromatic heterocycles. The number of likely N-dealkylation sites (N-methyl/N-ethyl adjacent to an activating group) is 1. The van der Waals surface area contributed by atoms with Crippen molar-refractivity contribution in [3.63, 3.8) is 0 Å². The van der Waals surface area contributed by atoms with Crippen LogP contribution in [0.4, 0.5) is 5.69 Å². The van der Waals surface area contributed by atoms with Gasteiger partial charge in [-0.25, -0.2) is 4.98 Å². The highest BCUT2D eigenvalue weighted by molar-refractivity contribution is 6.11. The molecule has 0 unspecified atom stereocenters. The van der Waals surface area contributed by atoms with E-state index in [4.69, 9.17) is 10.1 Å². The first-order valence-corrected chi connectivity index (χ1v) is 10.1. The van der Waals surface area contributed by atoms with E-state index in [2.05, 4.69) is 71.7 Å². The SMILES string of the molecule is CCN(CCO)CCCNc1c2ccccc2nc2cc3ccccc3cc12.Cl.Cl. The summed E-state index contributed by atoms with van der Waals surface area (Å²) in [5.41, 5.74) is 3.20. The third-order valence-corrected chi connectivity index (χ3v) is 5.36. The molecule has 0 radical (unpaired) electrons. The molecule has 30 heavy (non-hydrogen) atoms. The number of aliphatic hydroxyl groups excluding tert-OH is 1. The number of aromatic nitrogens is 1. The number of pyridine rings is 1.